The van der Waals surface area contributed by atoms with E-state index in [1.807, 2.05) is 6.92 Å². The predicted octanol–water partition coefficient (Wildman–Crippen LogP) is 3.42. The van der Waals surface area contributed by atoms with Crippen LogP contribution in [0.1, 0.15) is 54.4 Å². The van der Waals surface area contributed by atoms with E-state index in [-0.39, 0.29) is 0 Å². The van der Waals surface area contributed by atoms with Crippen molar-refractivity contribution in [3.8, 4) is 0 Å². The lowest BCUT2D eigenvalue weighted by molar-refractivity contribution is 0.112. The van der Waals surface area contributed by atoms with Crippen molar-refractivity contribution in [2.45, 2.75) is 52.0 Å². The van der Waals surface area contributed by atoms with Crippen molar-refractivity contribution in [1.82, 2.24) is 4.98 Å². The molecule has 94 valence electrons. The summed E-state index contributed by atoms with van der Waals surface area (Å²) in [6.07, 6.45) is 7.47. The van der Waals surface area contributed by atoms with Crippen molar-refractivity contribution < 1.29 is 4.79 Å². The highest BCUT2D eigenvalue weighted by Gasteiger charge is 2.23. The van der Waals surface area contributed by atoms with Gasteiger partial charge >= 0.3 is 0 Å². The number of hydrogen-bond acceptors (Lipinski definition) is 4. The van der Waals surface area contributed by atoms with E-state index in [4.69, 9.17) is 0 Å². The molecular weight excluding hydrogens is 232 g/mol. The zero-order chi connectivity index (χ0) is 12.3. The normalized spacial score (nSPS) is 17.1. The molecule has 1 aromatic rings. The molecule has 0 bridgehead atoms. The standard InChI is InChI=1S/C13H20N2OS/c1-3-15(11-7-5-4-6-8-11)13-14-10(2)12(9-16)17-13/h9,11H,3-8H2,1-2H3. The molecule has 0 amide bonds. The van der Waals surface area contributed by atoms with Crippen LogP contribution in [-0.2, 0) is 0 Å². The average Bonchev–Trinajstić information content (AvgIpc) is 2.73. The summed E-state index contributed by atoms with van der Waals surface area (Å²) in [5, 5.41) is 1.03. The van der Waals surface area contributed by atoms with Crippen LogP contribution in [0.3, 0.4) is 0 Å². The van der Waals surface area contributed by atoms with Gasteiger partial charge in [-0.2, -0.15) is 0 Å². The summed E-state index contributed by atoms with van der Waals surface area (Å²) in [4.78, 5) is 18.6. The molecule has 0 atom stereocenters. The minimum absolute atomic E-state index is 0.624. The summed E-state index contributed by atoms with van der Waals surface area (Å²) in [6.45, 7) is 5.07. The summed E-state index contributed by atoms with van der Waals surface area (Å²) in [7, 11) is 0. The van der Waals surface area contributed by atoms with Gasteiger partial charge in [0.1, 0.15) is 0 Å². The molecule has 1 heterocycles. The zero-order valence-corrected chi connectivity index (χ0v) is 11.4. The van der Waals surface area contributed by atoms with Crippen molar-refractivity contribution in [2.75, 3.05) is 11.4 Å². The van der Waals surface area contributed by atoms with E-state index in [1.165, 1.54) is 43.4 Å². The van der Waals surface area contributed by atoms with Crippen molar-refractivity contribution in [2.24, 2.45) is 0 Å². The number of anilines is 1. The molecule has 0 saturated heterocycles. The van der Waals surface area contributed by atoms with Gasteiger partial charge < -0.3 is 4.90 Å². The molecule has 0 radical (unpaired) electrons. The van der Waals surface area contributed by atoms with E-state index >= 15 is 0 Å². The Balaban J connectivity index is 2.18. The van der Waals surface area contributed by atoms with Crippen LogP contribution >= 0.6 is 11.3 Å². The zero-order valence-electron chi connectivity index (χ0n) is 10.6. The Bertz CT molecular complexity index is 383. The largest absolute Gasteiger partial charge is 0.345 e. The van der Waals surface area contributed by atoms with Gasteiger partial charge in [-0.1, -0.05) is 30.6 Å². The Labute approximate surface area is 107 Å². The summed E-state index contributed by atoms with van der Waals surface area (Å²) in [5.41, 5.74) is 0.870. The van der Waals surface area contributed by atoms with Gasteiger partial charge in [0.25, 0.3) is 0 Å². The molecule has 4 heteroatoms. The Morgan fingerprint density at radius 3 is 2.65 bits per heavy atom. The predicted molar refractivity (Wildman–Crippen MR) is 72.1 cm³/mol. The quantitative estimate of drug-likeness (QED) is 0.770. The van der Waals surface area contributed by atoms with Crippen molar-refractivity contribution in [1.29, 1.82) is 0 Å². The Hall–Kier alpha value is -0.900. The van der Waals surface area contributed by atoms with Gasteiger partial charge in [0.15, 0.2) is 11.4 Å². The fourth-order valence-corrected chi connectivity index (χ4v) is 3.58. The molecule has 3 nitrogen and oxygen atoms in total. The third kappa shape index (κ3) is 2.68. The molecule has 0 aliphatic heterocycles. The monoisotopic (exact) mass is 252 g/mol. The average molecular weight is 252 g/mol. The maximum Gasteiger partial charge on any atom is 0.186 e. The maximum atomic E-state index is 10.9. The first-order chi connectivity index (χ1) is 8.26. The molecule has 0 N–H and O–H groups in total. The van der Waals surface area contributed by atoms with Gasteiger partial charge in [-0.25, -0.2) is 4.98 Å². The molecule has 0 unspecified atom stereocenters. The number of hydrogen-bond donors (Lipinski definition) is 0. The summed E-state index contributed by atoms with van der Waals surface area (Å²) in [5.74, 6) is 0. The molecule has 1 aromatic heterocycles. The highest BCUT2D eigenvalue weighted by atomic mass is 32.1. The van der Waals surface area contributed by atoms with E-state index in [9.17, 15) is 4.79 Å². The third-order valence-electron chi connectivity index (χ3n) is 3.53. The number of nitrogens with zero attached hydrogens (tertiary/aromatic N) is 2. The van der Waals surface area contributed by atoms with Crippen molar-refractivity contribution in [3.63, 3.8) is 0 Å². The van der Waals surface area contributed by atoms with Gasteiger partial charge in [-0.15, -0.1) is 0 Å². The minimum Gasteiger partial charge on any atom is -0.345 e. The maximum absolute atomic E-state index is 10.9. The molecule has 1 aliphatic rings. The highest BCUT2D eigenvalue weighted by molar-refractivity contribution is 7.17. The summed E-state index contributed by atoms with van der Waals surface area (Å²) in [6, 6.07) is 0.624. The van der Waals surface area contributed by atoms with Gasteiger partial charge in [-0.05, 0) is 26.7 Å². The number of aryl methyl sites for hydroxylation is 1. The van der Waals surface area contributed by atoms with E-state index in [2.05, 4.69) is 16.8 Å². The molecule has 17 heavy (non-hydrogen) atoms. The first kappa shape index (κ1) is 12.6. The van der Waals surface area contributed by atoms with Gasteiger partial charge in [0, 0.05) is 12.6 Å². The van der Waals surface area contributed by atoms with Crippen molar-refractivity contribution >= 4 is 22.8 Å². The lowest BCUT2D eigenvalue weighted by Gasteiger charge is -2.33. The Morgan fingerprint density at radius 1 is 1.41 bits per heavy atom. The second-order valence-corrected chi connectivity index (χ2v) is 5.65. The van der Waals surface area contributed by atoms with Gasteiger partial charge in [0.2, 0.25) is 0 Å². The third-order valence-corrected chi connectivity index (χ3v) is 4.65. The van der Waals surface area contributed by atoms with E-state index in [0.29, 0.717) is 6.04 Å². The van der Waals surface area contributed by atoms with Crippen molar-refractivity contribution in [3.05, 3.63) is 10.6 Å². The summed E-state index contributed by atoms with van der Waals surface area (Å²) < 4.78 is 0. The second kappa shape index (κ2) is 5.63. The highest BCUT2D eigenvalue weighted by Crippen LogP contribution is 2.31. The number of aromatic nitrogens is 1. The summed E-state index contributed by atoms with van der Waals surface area (Å²) >= 11 is 1.53. The number of thiazole rings is 1. The lowest BCUT2D eigenvalue weighted by Crippen LogP contribution is -2.36. The number of carbonyl (C=O) groups is 1. The molecule has 2 rings (SSSR count). The van der Waals surface area contributed by atoms with Crippen LogP contribution in [0.15, 0.2) is 0 Å². The molecule has 0 aromatic carbocycles. The minimum atomic E-state index is 0.624. The van der Waals surface area contributed by atoms with E-state index in [1.54, 1.807) is 0 Å². The SMILES string of the molecule is CCN(c1nc(C)c(C=O)s1)C1CCCCC1. The fourth-order valence-electron chi connectivity index (χ4n) is 2.57. The van der Waals surface area contributed by atoms with E-state index < -0.39 is 0 Å². The van der Waals surface area contributed by atoms with Gasteiger partial charge in [0.05, 0.1) is 10.6 Å². The van der Waals surface area contributed by atoms with Gasteiger partial charge in [-0.3, -0.25) is 4.79 Å². The number of aldehydes is 1. The van der Waals surface area contributed by atoms with Crippen LogP contribution in [-0.4, -0.2) is 23.9 Å². The molecule has 1 saturated carbocycles. The van der Waals surface area contributed by atoms with Crippen LogP contribution in [0.5, 0.6) is 0 Å². The second-order valence-electron chi connectivity index (χ2n) is 4.64. The first-order valence-electron chi connectivity index (χ1n) is 6.45. The van der Waals surface area contributed by atoms with Crippen LogP contribution in [0.4, 0.5) is 5.13 Å². The van der Waals surface area contributed by atoms with E-state index in [0.717, 1.165) is 28.5 Å². The van der Waals surface area contributed by atoms with Crippen LogP contribution in [0, 0.1) is 6.92 Å². The Kier molecular flexibility index (Phi) is 4.15. The molecule has 1 fully saturated rings. The molecule has 1 aliphatic carbocycles. The van der Waals surface area contributed by atoms with Crippen LogP contribution < -0.4 is 4.90 Å². The Morgan fingerprint density at radius 2 is 2.12 bits per heavy atom. The molecular formula is C13H20N2OS. The van der Waals surface area contributed by atoms with Crippen LogP contribution in [0.2, 0.25) is 0 Å². The lowest BCUT2D eigenvalue weighted by atomic mass is 9.94. The molecule has 0 spiro atoms. The first-order valence-corrected chi connectivity index (χ1v) is 7.27. The number of carbonyl (C=O) groups excluding carboxylic acids is 1. The fraction of sp³-hybridized carbons (Fsp3) is 0.692. The topological polar surface area (TPSA) is 33.2 Å². The smallest absolute Gasteiger partial charge is 0.186 e. The van der Waals surface area contributed by atoms with Crippen LogP contribution in [0.25, 0.3) is 0 Å². The number of rotatable bonds is 4.